The van der Waals surface area contributed by atoms with Gasteiger partial charge in [-0.25, -0.2) is 9.13 Å². The van der Waals surface area contributed by atoms with Crippen LogP contribution in [0.1, 0.15) is 383 Å². The molecule has 0 aliphatic heterocycles. The molecule has 0 fully saturated rings. The third kappa shape index (κ3) is 67.6. The Balaban J connectivity index is 5.19. The number of esters is 4. The van der Waals surface area contributed by atoms with Gasteiger partial charge in [0, 0.05) is 25.7 Å². The number of ether oxygens (including phenoxy) is 4. The van der Waals surface area contributed by atoms with Crippen molar-refractivity contribution >= 4 is 39.5 Å². The highest BCUT2D eigenvalue weighted by Gasteiger charge is 2.30. The van der Waals surface area contributed by atoms with Crippen LogP contribution in [0, 0.1) is 23.7 Å². The summed E-state index contributed by atoms with van der Waals surface area (Å²) < 4.78 is 68.5. The Labute approximate surface area is 581 Å². The second-order valence-electron chi connectivity index (χ2n) is 28.8. The summed E-state index contributed by atoms with van der Waals surface area (Å²) in [5.74, 6) is 0.935. The van der Waals surface area contributed by atoms with Gasteiger partial charge in [-0.2, -0.15) is 0 Å². The maximum Gasteiger partial charge on any atom is 0.472 e. The molecule has 95 heavy (non-hydrogen) atoms. The van der Waals surface area contributed by atoms with Crippen LogP contribution in [0.15, 0.2) is 0 Å². The standard InChI is InChI=1S/C76H148O17P2/c1-9-68(7)54-46-38-29-25-21-17-14-15-19-23-27-31-43-51-59-76(81)93-72(63-87-74(79)57-49-41-35-33-39-47-55-69(8)10-2)65-91-95(84,85)89-61-70(77)60-88-94(82,83)90-64-71(62-86-73(78)56-48-40-34-32-37-45-53-67(5)6)92-75(80)58-50-42-30-26-22-18-13-11-12-16-20-24-28-36-44-52-66(3)4/h66-72,77H,9-65H2,1-8H3,(H,82,83)(H,84,85)/t68?,69?,70-,71-,72-/m1/s1. The van der Waals surface area contributed by atoms with Gasteiger partial charge < -0.3 is 33.8 Å². The van der Waals surface area contributed by atoms with Crippen molar-refractivity contribution in [2.45, 2.75) is 401 Å². The molecule has 0 spiro atoms. The van der Waals surface area contributed by atoms with E-state index >= 15 is 0 Å². The zero-order valence-electron chi connectivity index (χ0n) is 62.3. The van der Waals surface area contributed by atoms with Gasteiger partial charge >= 0.3 is 39.5 Å². The highest BCUT2D eigenvalue weighted by molar-refractivity contribution is 7.47. The number of aliphatic hydroxyl groups excluding tert-OH is 1. The van der Waals surface area contributed by atoms with Crippen molar-refractivity contribution in [1.29, 1.82) is 0 Å². The van der Waals surface area contributed by atoms with E-state index in [-0.39, 0.29) is 25.7 Å². The summed E-state index contributed by atoms with van der Waals surface area (Å²) in [6, 6.07) is 0. The zero-order chi connectivity index (χ0) is 70.3. The molecule has 0 aromatic heterocycles. The summed E-state index contributed by atoms with van der Waals surface area (Å²) >= 11 is 0. The van der Waals surface area contributed by atoms with E-state index in [9.17, 15) is 43.2 Å². The number of unbranched alkanes of at least 4 members (excludes halogenated alkanes) is 37. The molecule has 0 heterocycles. The first-order valence-electron chi connectivity index (χ1n) is 39.3. The van der Waals surface area contributed by atoms with E-state index < -0.39 is 97.5 Å². The number of hydrogen-bond donors (Lipinski definition) is 3. The number of carbonyl (C=O) groups is 4. The molecule has 0 saturated heterocycles. The van der Waals surface area contributed by atoms with Gasteiger partial charge in [0.25, 0.3) is 0 Å². The van der Waals surface area contributed by atoms with Gasteiger partial charge in [-0.05, 0) is 49.4 Å². The molecule has 0 amide bonds. The molecular weight excluding hydrogens is 1250 g/mol. The van der Waals surface area contributed by atoms with E-state index in [1.807, 2.05) is 0 Å². The Bertz CT molecular complexity index is 1870. The van der Waals surface area contributed by atoms with Gasteiger partial charge in [0.2, 0.25) is 0 Å². The van der Waals surface area contributed by atoms with Gasteiger partial charge in [-0.3, -0.25) is 37.3 Å². The van der Waals surface area contributed by atoms with Crippen molar-refractivity contribution in [2.24, 2.45) is 23.7 Å². The van der Waals surface area contributed by atoms with Crippen LogP contribution in [0.3, 0.4) is 0 Å². The Kier molecular flexibility index (Phi) is 64.0. The van der Waals surface area contributed by atoms with Crippen molar-refractivity contribution in [3.63, 3.8) is 0 Å². The highest BCUT2D eigenvalue weighted by atomic mass is 31.2. The van der Waals surface area contributed by atoms with Crippen LogP contribution in [0.5, 0.6) is 0 Å². The molecule has 17 nitrogen and oxygen atoms in total. The zero-order valence-corrected chi connectivity index (χ0v) is 64.1. The highest BCUT2D eigenvalue weighted by Crippen LogP contribution is 2.45. The lowest BCUT2D eigenvalue weighted by Crippen LogP contribution is -2.30. The molecular formula is C76H148O17P2. The van der Waals surface area contributed by atoms with Crippen molar-refractivity contribution in [2.75, 3.05) is 39.6 Å². The topological polar surface area (TPSA) is 237 Å². The third-order valence-corrected chi connectivity index (χ3v) is 20.2. The monoisotopic (exact) mass is 1400 g/mol. The minimum absolute atomic E-state index is 0.106. The Hall–Kier alpha value is -1.94. The van der Waals surface area contributed by atoms with Crippen molar-refractivity contribution in [3.8, 4) is 0 Å². The number of rotatable bonds is 73. The molecule has 564 valence electrons. The first kappa shape index (κ1) is 93.1. The average Bonchev–Trinajstić information content (AvgIpc) is 2.70. The summed E-state index contributed by atoms with van der Waals surface area (Å²) in [5, 5.41) is 10.6. The fraction of sp³-hybridized carbons (Fsp3) is 0.947. The second kappa shape index (κ2) is 65.4. The lowest BCUT2D eigenvalue weighted by Gasteiger charge is -2.21. The Morgan fingerprint density at radius 2 is 0.505 bits per heavy atom. The van der Waals surface area contributed by atoms with E-state index in [1.54, 1.807) is 0 Å². The predicted octanol–water partition coefficient (Wildman–Crippen LogP) is 22.0. The largest absolute Gasteiger partial charge is 0.472 e. The molecule has 0 saturated carbocycles. The smallest absolute Gasteiger partial charge is 0.462 e. The molecule has 0 radical (unpaired) electrons. The lowest BCUT2D eigenvalue weighted by atomic mass is 9.99. The summed E-state index contributed by atoms with van der Waals surface area (Å²) in [5.41, 5.74) is 0. The van der Waals surface area contributed by atoms with E-state index in [2.05, 4.69) is 55.4 Å². The molecule has 0 bridgehead atoms. The summed E-state index contributed by atoms with van der Waals surface area (Å²) in [6.45, 7) is 14.2. The van der Waals surface area contributed by atoms with Gasteiger partial charge in [0.15, 0.2) is 12.2 Å². The van der Waals surface area contributed by atoms with E-state index in [1.165, 1.54) is 173 Å². The fourth-order valence-corrected chi connectivity index (χ4v) is 13.1. The number of phosphoric acid groups is 2. The molecule has 0 rings (SSSR count). The molecule has 0 aliphatic carbocycles. The molecule has 0 aromatic carbocycles. The van der Waals surface area contributed by atoms with Crippen LogP contribution in [-0.2, 0) is 65.4 Å². The van der Waals surface area contributed by atoms with Gasteiger partial charge in [0.05, 0.1) is 26.4 Å². The van der Waals surface area contributed by atoms with Gasteiger partial charge in [-0.15, -0.1) is 0 Å². The molecule has 19 heteroatoms. The van der Waals surface area contributed by atoms with Crippen molar-refractivity contribution < 1.29 is 80.2 Å². The van der Waals surface area contributed by atoms with Gasteiger partial charge in [0.1, 0.15) is 19.3 Å². The normalized spacial score (nSPS) is 14.7. The number of carbonyl (C=O) groups excluding carboxylic acids is 4. The summed E-state index contributed by atoms with van der Waals surface area (Å²) in [6.07, 6.45) is 50.1. The molecule has 0 aromatic rings. The maximum atomic E-state index is 13.1. The summed E-state index contributed by atoms with van der Waals surface area (Å²) in [4.78, 5) is 72.7. The van der Waals surface area contributed by atoms with E-state index in [0.29, 0.717) is 31.6 Å². The predicted molar refractivity (Wildman–Crippen MR) is 386 cm³/mol. The number of aliphatic hydroxyl groups is 1. The second-order valence-corrected chi connectivity index (χ2v) is 31.7. The third-order valence-electron chi connectivity index (χ3n) is 18.3. The molecule has 7 atom stereocenters. The fourth-order valence-electron chi connectivity index (χ4n) is 11.5. The molecule has 4 unspecified atom stereocenters. The molecule has 3 N–H and O–H groups in total. The first-order chi connectivity index (χ1) is 45.7. The van der Waals surface area contributed by atoms with Crippen LogP contribution < -0.4 is 0 Å². The minimum atomic E-state index is -4.96. The quantitative estimate of drug-likeness (QED) is 0.0222. The van der Waals surface area contributed by atoms with Gasteiger partial charge in [-0.1, -0.05) is 331 Å². The van der Waals surface area contributed by atoms with Crippen molar-refractivity contribution in [3.05, 3.63) is 0 Å². The minimum Gasteiger partial charge on any atom is -0.462 e. The average molecular weight is 1400 g/mol. The van der Waals surface area contributed by atoms with Crippen LogP contribution >= 0.6 is 15.6 Å². The summed E-state index contributed by atoms with van der Waals surface area (Å²) in [7, 11) is -9.91. The Morgan fingerprint density at radius 3 is 0.747 bits per heavy atom. The molecule has 0 aliphatic rings. The van der Waals surface area contributed by atoms with Crippen molar-refractivity contribution in [1.82, 2.24) is 0 Å². The lowest BCUT2D eigenvalue weighted by molar-refractivity contribution is -0.161. The van der Waals surface area contributed by atoms with Crippen LogP contribution in [0.4, 0.5) is 0 Å². The number of phosphoric ester groups is 2. The van der Waals surface area contributed by atoms with Crippen LogP contribution in [0.25, 0.3) is 0 Å². The van der Waals surface area contributed by atoms with E-state index in [0.717, 1.165) is 120 Å². The van der Waals surface area contributed by atoms with Crippen LogP contribution in [0.2, 0.25) is 0 Å². The van der Waals surface area contributed by atoms with E-state index in [4.69, 9.17) is 37.0 Å². The first-order valence-corrected chi connectivity index (χ1v) is 42.3. The SMILES string of the molecule is CCC(C)CCCCCCCCCCCCCCCCC(=O)O[C@H](COC(=O)CCCCCCCCC(C)CC)COP(=O)(O)OC[C@H](O)COP(=O)(O)OC[C@@H](COC(=O)CCCCCCCCC(C)C)OC(=O)CCCCCCCCCCCCCCCCCC(C)C. The number of hydrogen-bond acceptors (Lipinski definition) is 15. The maximum absolute atomic E-state index is 13.1. The van der Waals surface area contributed by atoms with Crippen LogP contribution in [-0.4, -0.2) is 96.7 Å². The Morgan fingerprint density at radius 1 is 0.295 bits per heavy atom.